The lowest BCUT2D eigenvalue weighted by Gasteiger charge is -2.01. The fourth-order valence-corrected chi connectivity index (χ4v) is 1.34. The van der Waals surface area contributed by atoms with Gasteiger partial charge in [0.2, 0.25) is 0 Å². The fraction of sp³-hybridized carbons (Fsp3) is 0.833. The topological polar surface area (TPSA) is 55.6 Å². The molecule has 68 valence electrons. The van der Waals surface area contributed by atoms with Crippen LogP contribution in [0.3, 0.4) is 0 Å². The Morgan fingerprint density at radius 3 is 2.92 bits per heavy atom. The summed E-state index contributed by atoms with van der Waals surface area (Å²) in [6.07, 6.45) is 2.34. The zero-order valence-corrected chi connectivity index (χ0v) is 7.71. The summed E-state index contributed by atoms with van der Waals surface area (Å²) in [5.74, 6) is 0.824. The maximum Gasteiger partial charge on any atom is 0.191 e. The Balaban J connectivity index is 0.000000720. The van der Waals surface area contributed by atoms with Crippen molar-refractivity contribution in [1.82, 2.24) is 25.5 Å². The van der Waals surface area contributed by atoms with Crippen molar-refractivity contribution in [3.05, 3.63) is 5.82 Å². The van der Waals surface area contributed by atoms with Crippen LogP contribution in [0.15, 0.2) is 0 Å². The van der Waals surface area contributed by atoms with Gasteiger partial charge in [-0.15, -0.1) is 22.6 Å². The van der Waals surface area contributed by atoms with Crippen molar-refractivity contribution in [3.63, 3.8) is 0 Å². The Morgan fingerprint density at radius 2 is 2.42 bits per heavy atom. The van der Waals surface area contributed by atoms with Gasteiger partial charge in [0.05, 0.1) is 13.1 Å². The van der Waals surface area contributed by atoms with Crippen molar-refractivity contribution < 1.29 is 0 Å². The van der Waals surface area contributed by atoms with Gasteiger partial charge in [-0.1, -0.05) is 0 Å². The number of nitrogens with zero attached hydrogens (tertiary/aromatic N) is 4. The molecule has 1 atom stereocenters. The highest BCUT2D eigenvalue weighted by Crippen LogP contribution is 2.18. The number of hydrogen-bond acceptors (Lipinski definition) is 4. The maximum atomic E-state index is 4.12. The molecule has 2 rings (SSSR count). The van der Waals surface area contributed by atoms with E-state index in [1.807, 2.05) is 0 Å². The highest BCUT2D eigenvalue weighted by atomic mass is 35.5. The molecule has 0 saturated carbocycles. The molecule has 1 aromatic heterocycles. The minimum absolute atomic E-state index is 0. The SMILES string of the molecule is Cl.Cn1nnc([C@H]2CCCN2)n1. The molecule has 0 bridgehead atoms. The summed E-state index contributed by atoms with van der Waals surface area (Å²) in [6, 6.07) is 0.337. The highest BCUT2D eigenvalue weighted by Gasteiger charge is 2.19. The van der Waals surface area contributed by atoms with Crippen LogP contribution in [-0.4, -0.2) is 26.8 Å². The Morgan fingerprint density at radius 1 is 1.58 bits per heavy atom. The van der Waals surface area contributed by atoms with Crippen LogP contribution < -0.4 is 5.32 Å². The molecule has 0 spiro atoms. The largest absolute Gasteiger partial charge is 0.307 e. The Kier molecular flexibility index (Phi) is 2.99. The minimum atomic E-state index is 0. The van der Waals surface area contributed by atoms with Crippen molar-refractivity contribution in [2.24, 2.45) is 7.05 Å². The van der Waals surface area contributed by atoms with Gasteiger partial charge in [-0.2, -0.15) is 4.80 Å². The third-order valence-electron chi connectivity index (χ3n) is 1.90. The normalized spacial score (nSPS) is 22.2. The Labute approximate surface area is 76.9 Å². The fourth-order valence-electron chi connectivity index (χ4n) is 1.34. The Hall–Kier alpha value is -0.680. The quantitative estimate of drug-likeness (QED) is 0.679. The summed E-state index contributed by atoms with van der Waals surface area (Å²) < 4.78 is 0. The zero-order valence-electron chi connectivity index (χ0n) is 6.90. The molecule has 1 N–H and O–H groups in total. The second-order valence-electron chi connectivity index (χ2n) is 2.79. The van der Waals surface area contributed by atoms with Crippen LogP contribution >= 0.6 is 12.4 Å². The number of hydrogen-bond donors (Lipinski definition) is 1. The lowest BCUT2D eigenvalue weighted by Crippen LogP contribution is -2.14. The monoisotopic (exact) mass is 189 g/mol. The van der Waals surface area contributed by atoms with Gasteiger partial charge in [-0.25, -0.2) is 0 Å². The van der Waals surface area contributed by atoms with Gasteiger partial charge >= 0.3 is 0 Å². The van der Waals surface area contributed by atoms with E-state index in [4.69, 9.17) is 0 Å². The van der Waals surface area contributed by atoms with Crippen LogP contribution in [-0.2, 0) is 7.05 Å². The number of rotatable bonds is 1. The van der Waals surface area contributed by atoms with E-state index in [0.717, 1.165) is 18.8 Å². The van der Waals surface area contributed by atoms with Gasteiger partial charge in [0.1, 0.15) is 0 Å². The molecule has 1 aliphatic rings. The van der Waals surface area contributed by atoms with E-state index in [2.05, 4.69) is 20.7 Å². The van der Waals surface area contributed by atoms with Crippen molar-refractivity contribution in [3.8, 4) is 0 Å². The second kappa shape index (κ2) is 3.82. The predicted octanol–water partition coefficient (Wildman–Crippen LogP) is 0.0564. The highest BCUT2D eigenvalue weighted by molar-refractivity contribution is 5.85. The molecule has 0 amide bonds. The first-order valence-electron chi connectivity index (χ1n) is 3.83. The summed E-state index contributed by atoms with van der Waals surface area (Å²) >= 11 is 0. The predicted molar refractivity (Wildman–Crippen MR) is 46.0 cm³/mol. The van der Waals surface area contributed by atoms with Gasteiger partial charge in [-0.05, 0) is 24.6 Å². The molecule has 12 heavy (non-hydrogen) atoms. The standard InChI is InChI=1S/C6H11N5.ClH/c1-11-9-6(8-10-11)5-3-2-4-7-5;/h5,7H,2-4H2,1H3;1H/t5-;/m1./s1. The number of nitrogens with one attached hydrogen (secondary N) is 1. The summed E-state index contributed by atoms with van der Waals surface area (Å²) in [5.41, 5.74) is 0. The molecule has 1 fully saturated rings. The molecule has 0 aliphatic carbocycles. The number of halogens is 1. The summed E-state index contributed by atoms with van der Waals surface area (Å²) in [4.78, 5) is 1.50. The smallest absolute Gasteiger partial charge is 0.191 e. The van der Waals surface area contributed by atoms with Crippen LogP contribution in [0.1, 0.15) is 24.7 Å². The van der Waals surface area contributed by atoms with E-state index >= 15 is 0 Å². The molecule has 1 aliphatic heterocycles. The maximum absolute atomic E-state index is 4.12. The molecule has 5 nitrogen and oxygen atoms in total. The molecule has 1 saturated heterocycles. The van der Waals surface area contributed by atoms with Crippen molar-refractivity contribution in [2.75, 3.05) is 6.54 Å². The molecule has 0 radical (unpaired) electrons. The van der Waals surface area contributed by atoms with Gasteiger partial charge in [-0.3, -0.25) is 0 Å². The number of aryl methyl sites for hydroxylation is 1. The lowest BCUT2D eigenvalue weighted by atomic mass is 10.2. The van der Waals surface area contributed by atoms with Crippen molar-refractivity contribution in [1.29, 1.82) is 0 Å². The average molecular weight is 190 g/mol. The second-order valence-corrected chi connectivity index (χ2v) is 2.79. The third-order valence-corrected chi connectivity index (χ3v) is 1.90. The van der Waals surface area contributed by atoms with Crippen LogP contribution in [0.4, 0.5) is 0 Å². The van der Waals surface area contributed by atoms with Gasteiger partial charge in [0.15, 0.2) is 5.82 Å². The van der Waals surface area contributed by atoms with E-state index in [9.17, 15) is 0 Å². The average Bonchev–Trinajstić information content (AvgIpc) is 2.55. The van der Waals surface area contributed by atoms with Crippen molar-refractivity contribution >= 4 is 12.4 Å². The van der Waals surface area contributed by atoms with Crippen LogP contribution in [0.5, 0.6) is 0 Å². The van der Waals surface area contributed by atoms with Crippen molar-refractivity contribution in [2.45, 2.75) is 18.9 Å². The van der Waals surface area contributed by atoms with E-state index in [-0.39, 0.29) is 12.4 Å². The lowest BCUT2D eigenvalue weighted by molar-refractivity contribution is 0.589. The van der Waals surface area contributed by atoms with Gasteiger partial charge < -0.3 is 5.32 Å². The molecule has 2 heterocycles. The first-order chi connectivity index (χ1) is 5.36. The minimum Gasteiger partial charge on any atom is -0.307 e. The van der Waals surface area contributed by atoms with E-state index in [1.165, 1.54) is 11.2 Å². The molecule has 0 aromatic carbocycles. The zero-order chi connectivity index (χ0) is 7.68. The van der Waals surface area contributed by atoms with E-state index in [0.29, 0.717) is 6.04 Å². The van der Waals surface area contributed by atoms with Crippen LogP contribution in [0, 0.1) is 0 Å². The molecule has 1 aromatic rings. The summed E-state index contributed by atoms with van der Waals surface area (Å²) in [5, 5.41) is 15.1. The molecule has 0 unspecified atom stereocenters. The van der Waals surface area contributed by atoms with Gasteiger partial charge in [0.25, 0.3) is 0 Å². The first kappa shape index (κ1) is 9.41. The molecule has 6 heteroatoms. The number of aromatic nitrogens is 4. The third kappa shape index (κ3) is 1.73. The summed E-state index contributed by atoms with van der Waals surface area (Å²) in [6.45, 7) is 1.07. The van der Waals surface area contributed by atoms with E-state index in [1.54, 1.807) is 7.05 Å². The number of tetrazole rings is 1. The van der Waals surface area contributed by atoms with Crippen LogP contribution in [0.25, 0.3) is 0 Å². The summed E-state index contributed by atoms with van der Waals surface area (Å²) in [7, 11) is 1.78. The first-order valence-corrected chi connectivity index (χ1v) is 3.83. The molecular weight excluding hydrogens is 178 g/mol. The van der Waals surface area contributed by atoms with Gasteiger partial charge in [0, 0.05) is 0 Å². The van der Waals surface area contributed by atoms with Crippen LogP contribution in [0.2, 0.25) is 0 Å². The Bertz CT molecular complexity index is 242. The molecular formula is C6H12ClN5. The van der Waals surface area contributed by atoms with E-state index < -0.39 is 0 Å².